The molecule has 2 aromatic rings. The zero-order chi connectivity index (χ0) is 15.9. The van der Waals surface area contributed by atoms with E-state index in [0.29, 0.717) is 24.2 Å². The molecule has 2 N–H and O–H groups in total. The molecule has 0 atom stereocenters. The quantitative estimate of drug-likeness (QED) is 0.460. The second kappa shape index (κ2) is 7.68. The molecule has 0 spiro atoms. The van der Waals surface area contributed by atoms with Crippen molar-refractivity contribution in [3.8, 4) is 0 Å². The van der Waals surface area contributed by atoms with Crippen LogP contribution >= 0.6 is 0 Å². The molecule has 0 saturated carbocycles. The van der Waals surface area contributed by atoms with Crippen LogP contribution in [-0.4, -0.2) is 17.6 Å². The summed E-state index contributed by atoms with van der Waals surface area (Å²) in [6.45, 7) is 0.617. The van der Waals surface area contributed by atoms with Crippen LogP contribution in [0.5, 0.6) is 0 Å². The van der Waals surface area contributed by atoms with Gasteiger partial charge in [-0.1, -0.05) is 19.3 Å². The number of unbranched alkanes of at least 4 members (excludes halogenated alkanes) is 4. The number of rotatable bonds is 8. The van der Waals surface area contributed by atoms with E-state index in [1.54, 1.807) is 22.8 Å². The van der Waals surface area contributed by atoms with Gasteiger partial charge in [-0.15, -0.1) is 0 Å². The van der Waals surface area contributed by atoms with Crippen molar-refractivity contribution in [2.45, 2.75) is 45.1 Å². The molecule has 1 aromatic heterocycles. The second-order valence-electron chi connectivity index (χ2n) is 5.34. The Hall–Kier alpha value is -2.24. The lowest BCUT2D eigenvalue weighted by Crippen LogP contribution is -2.14. The first-order valence-corrected chi connectivity index (χ1v) is 7.57. The van der Waals surface area contributed by atoms with E-state index in [9.17, 15) is 9.59 Å². The number of ether oxygens (including phenoxy) is 1. The fourth-order valence-electron chi connectivity index (χ4n) is 2.46. The molecule has 0 aliphatic heterocycles. The molecular weight excluding hydrogens is 284 g/mol. The van der Waals surface area contributed by atoms with E-state index < -0.39 is 0 Å². The monoisotopic (exact) mass is 306 g/mol. The van der Waals surface area contributed by atoms with Gasteiger partial charge in [-0.2, -0.15) is 0 Å². The number of esters is 1. The van der Waals surface area contributed by atoms with Gasteiger partial charge in [-0.25, -0.2) is 4.79 Å². The summed E-state index contributed by atoms with van der Waals surface area (Å²) in [6.07, 6.45) is 5.23. The van der Waals surface area contributed by atoms with Crippen LogP contribution in [0.3, 0.4) is 0 Å². The predicted octanol–water partition coefficient (Wildman–Crippen LogP) is 2.69. The Kier molecular flexibility index (Phi) is 5.63. The Morgan fingerprint density at radius 3 is 2.73 bits per heavy atom. The highest BCUT2D eigenvalue weighted by Crippen LogP contribution is 2.17. The average molecular weight is 306 g/mol. The number of carbonyl (C=O) groups excluding carboxylic acids is 1. The lowest BCUT2D eigenvalue weighted by molar-refractivity contribution is -0.140. The Morgan fingerprint density at radius 2 is 1.95 bits per heavy atom. The first-order valence-electron chi connectivity index (χ1n) is 7.57. The summed E-state index contributed by atoms with van der Waals surface area (Å²) in [5.74, 6) is -0.500. The number of aromatic nitrogens is 1. The standard InChI is InChI=1S/C16H22N2O4/c1-21-15(19)7-5-3-2-4-6-10-18-13-11-12(17)8-9-14(13)22-16(18)20/h8-9,11H,2-7,10,17H2,1H3. The van der Waals surface area contributed by atoms with Gasteiger partial charge < -0.3 is 14.9 Å². The van der Waals surface area contributed by atoms with Crippen molar-refractivity contribution in [3.63, 3.8) is 0 Å². The summed E-state index contributed by atoms with van der Waals surface area (Å²) >= 11 is 0. The van der Waals surface area contributed by atoms with E-state index in [4.69, 9.17) is 10.2 Å². The lowest BCUT2D eigenvalue weighted by atomic mass is 10.1. The summed E-state index contributed by atoms with van der Waals surface area (Å²) in [5.41, 5.74) is 7.68. The maximum atomic E-state index is 11.8. The molecule has 2 rings (SSSR count). The number of carbonyl (C=O) groups is 1. The van der Waals surface area contributed by atoms with Gasteiger partial charge in [0.15, 0.2) is 5.58 Å². The van der Waals surface area contributed by atoms with Gasteiger partial charge in [0.05, 0.1) is 12.6 Å². The Labute approximate surface area is 128 Å². The summed E-state index contributed by atoms with van der Waals surface area (Å²) in [5, 5.41) is 0. The van der Waals surface area contributed by atoms with Gasteiger partial charge in [-0.3, -0.25) is 9.36 Å². The Balaban J connectivity index is 1.78. The summed E-state index contributed by atoms with van der Waals surface area (Å²) in [7, 11) is 1.40. The molecule has 6 nitrogen and oxygen atoms in total. The molecule has 0 saturated heterocycles. The third kappa shape index (κ3) is 4.13. The SMILES string of the molecule is COC(=O)CCCCCCCn1c(=O)oc2ccc(N)cc21. The third-order valence-electron chi connectivity index (χ3n) is 3.68. The molecule has 0 amide bonds. The molecular formula is C16H22N2O4. The molecule has 0 aliphatic rings. The van der Waals surface area contributed by atoms with Crippen LogP contribution in [0.25, 0.3) is 11.1 Å². The molecule has 0 bridgehead atoms. The lowest BCUT2D eigenvalue weighted by Gasteiger charge is -2.03. The van der Waals surface area contributed by atoms with Gasteiger partial charge in [-0.05, 0) is 31.0 Å². The minimum absolute atomic E-state index is 0.158. The maximum absolute atomic E-state index is 11.8. The van der Waals surface area contributed by atoms with Crippen LogP contribution in [0.1, 0.15) is 38.5 Å². The summed E-state index contributed by atoms with van der Waals surface area (Å²) in [4.78, 5) is 22.8. The molecule has 1 aromatic carbocycles. The Morgan fingerprint density at radius 1 is 1.23 bits per heavy atom. The molecule has 0 radical (unpaired) electrons. The largest absolute Gasteiger partial charge is 0.469 e. The number of oxazole rings is 1. The van der Waals surface area contributed by atoms with Gasteiger partial charge in [0.1, 0.15) is 0 Å². The van der Waals surface area contributed by atoms with Crippen LogP contribution in [0, 0.1) is 0 Å². The topological polar surface area (TPSA) is 87.5 Å². The van der Waals surface area contributed by atoms with E-state index in [1.807, 2.05) is 0 Å². The number of benzene rings is 1. The van der Waals surface area contributed by atoms with Crippen LogP contribution < -0.4 is 11.5 Å². The van der Waals surface area contributed by atoms with Crippen molar-refractivity contribution in [1.82, 2.24) is 4.57 Å². The number of fused-ring (bicyclic) bond motifs is 1. The summed E-state index contributed by atoms with van der Waals surface area (Å²) < 4.78 is 11.4. The molecule has 22 heavy (non-hydrogen) atoms. The minimum Gasteiger partial charge on any atom is -0.469 e. The van der Waals surface area contributed by atoms with E-state index in [2.05, 4.69) is 4.74 Å². The van der Waals surface area contributed by atoms with Crippen molar-refractivity contribution in [1.29, 1.82) is 0 Å². The molecule has 1 heterocycles. The van der Waals surface area contributed by atoms with Crippen molar-refractivity contribution in [2.24, 2.45) is 0 Å². The van der Waals surface area contributed by atoms with Crippen molar-refractivity contribution >= 4 is 22.8 Å². The van der Waals surface area contributed by atoms with Gasteiger partial charge in [0.25, 0.3) is 0 Å². The summed E-state index contributed by atoms with van der Waals surface area (Å²) in [6, 6.07) is 5.20. The highest BCUT2D eigenvalue weighted by molar-refractivity contribution is 5.76. The van der Waals surface area contributed by atoms with Crippen molar-refractivity contribution in [3.05, 3.63) is 28.7 Å². The number of aryl methyl sites for hydroxylation is 1. The molecule has 120 valence electrons. The number of nitrogens with two attached hydrogens (primary N) is 1. The van der Waals surface area contributed by atoms with E-state index >= 15 is 0 Å². The van der Waals surface area contributed by atoms with E-state index in [-0.39, 0.29) is 11.7 Å². The zero-order valence-corrected chi connectivity index (χ0v) is 12.8. The first kappa shape index (κ1) is 16.1. The predicted molar refractivity (Wildman–Crippen MR) is 84.6 cm³/mol. The molecule has 0 fully saturated rings. The van der Waals surface area contributed by atoms with Crippen LogP contribution in [0.15, 0.2) is 27.4 Å². The van der Waals surface area contributed by atoms with Crippen molar-refractivity contribution in [2.75, 3.05) is 12.8 Å². The maximum Gasteiger partial charge on any atom is 0.419 e. The third-order valence-corrected chi connectivity index (χ3v) is 3.68. The van der Waals surface area contributed by atoms with E-state index in [1.165, 1.54) is 7.11 Å². The van der Waals surface area contributed by atoms with Crippen molar-refractivity contribution < 1.29 is 13.9 Å². The smallest absolute Gasteiger partial charge is 0.419 e. The number of nitrogen functional groups attached to an aromatic ring is 1. The average Bonchev–Trinajstić information content (AvgIpc) is 2.81. The number of nitrogens with zero attached hydrogens (tertiary/aromatic N) is 1. The number of hydrogen-bond donors (Lipinski definition) is 1. The van der Waals surface area contributed by atoms with Gasteiger partial charge in [0.2, 0.25) is 0 Å². The minimum atomic E-state index is -0.341. The fourth-order valence-corrected chi connectivity index (χ4v) is 2.46. The van der Waals surface area contributed by atoms with Crippen LogP contribution in [0.4, 0.5) is 5.69 Å². The van der Waals surface area contributed by atoms with Crippen LogP contribution in [0.2, 0.25) is 0 Å². The molecule has 6 heteroatoms. The number of methoxy groups -OCH3 is 1. The van der Waals surface area contributed by atoms with E-state index in [0.717, 1.165) is 37.6 Å². The van der Waals surface area contributed by atoms with Gasteiger partial charge >= 0.3 is 11.7 Å². The normalized spacial score (nSPS) is 11.0. The molecule has 0 aliphatic carbocycles. The highest BCUT2D eigenvalue weighted by Gasteiger charge is 2.08. The molecule has 0 unspecified atom stereocenters. The first-order chi connectivity index (χ1) is 10.6. The zero-order valence-electron chi connectivity index (χ0n) is 12.8. The number of anilines is 1. The highest BCUT2D eigenvalue weighted by atomic mass is 16.5. The van der Waals surface area contributed by atoms with Gasteiger partial charge in [0, 0.05) is 18.7 Å². The number of hydrogen-bond acceptors (Lipinski definition) is 5. The van der Waals surface area contributed by atoms with Crippen LogP contribution in [-0.2, 0) is 16.1 Å². The Bertz CT molecular complexity index is 687. The second-order valence-corrected chi connectivity index (χ2v) is 5.34. The fraction of sp³-hybridized carbons (Fsp3) is 0.500.